The van der Waals surface area contributed by atoms with E-state index in [1.54, 1.807) is 14.2 Å². The number of carbonyl (C=O) groups is 1. The number of amides is 1. The van der Waals surface area contributed by atoms with Crippen molar-refractivity contribution in [3.63, 3.8) is 0 Å². The third kappa shape index (κ3) is 4.53. The highest BCUT2D eigenvalue weighted by atomic mass is 16.5. The molecule has 0 aliphatic carbocycles. The van der Waals surface area contributed by atoms with Crippen LogP contribution in [-0.4, -0.2) is 58.8 Å². The minimum atomic E-state index is -0.0591. The first-order valence-electron chi connectivity index (χ1n) is 11.9. The van der Waals surface area contributed by atoms with Crippen LogP contribution in [0.4, 0.5) is 0 Å². The molecule has 3 aromatic rings. The molecule has 1 aliphatic rings. The van der Waals surface area contributed by atoms with Crippen molar-refractivity contribution in [2.45, 2.75) is 46.3 Å². The summed E-state index contributed by atoms with van der Waals surface area (Å²) < 4.78 is 13.1. The Kier molecular flexibility index (Phi) is 7.22. The lowest BCUT2D eigenvalue weighted by atomic mass is 10.0. The third-order valence-corrected chi connectivity index (χ3v) is 6.52. The van der Waals surface area contributed by atoms with Gasteiger partial charge in [-0.05, 0) is 44.7 Å². The molecule has 0 N–H and O–H groups in total. The second-order valence-corrected chi connectivity index (χ2v) is 8.80. The highest BCUT2D eigenvalue weighted by Gasteiger charge is 2.29. The smallest absolute Gasteiger partial charge is 0.258 e. The van der Waals surface area contributed by atoms with Gasteiger partial charge in [-0.1, -0.05) is 31.2 Å². The second kappa shape index (κ2) is 10.3. The number of para-hydroxylation sites is 3. The summed E-state index contributed by atoms with van der Waals surface area (Å²) in [5, 5.41) is 5.07. The van der Waals surface area contributed by atoms with Crippen molar-refractivity contribution in [3.05, 3.63) is 71.0 Å². The molecule has 2 aromatic carbocycles. The normalized spacial score (nSPS) is 13.6. The third-order valence-electron chi connectivity index (χ3n) is 6.52. The molecule has 0 radical (unpaired) electrons. The van der Waals surface area contributed by atoms with Crippen LogP contribution in [0.5, 0.6) is 11.5 Å². The molecule has 1 amide bonds. The number of nitrogens with zero attached hydrogens (tertiary/aromatic N) is 4. The van der Waals surface area contributed by atoms with E-state index in [0.717, 1.165) is 43.2 Å². The largest absolute Gasteiger partial charge is 0.496 e. The first kappa shape index (κ1) is 23.8. The molecule has 0 unspecified atom stereocenters. The van der Waals surface area contributed by atoms with E-state index in [9.17, 15) is 4.79 Å². The Morgan fingerprint density at radius 2 is 1.74 bits per heavy atom. The Morgan fingerprint density at radius 1 is 1.06 bits per heavy atom. The Morgan fingerprint density at radius 3 is 2.41 bits per heavy atom. The molecule has 0 spiro atoms. The van der Waals surface area contributed by atoms with Crippen molar-refractivity contribution in [1.82, 2.24) is 19.6 Å². The fourth-order valence-corrected chi connectivity index (χ4v) is 4.57. The predicted molar refractivity (Wildman–Crippen MR) is 133 cm³/mol. The molecule has 0 fully saturated rings. The number of aromatic nitrogens is 2. The van der Waals surface area contributed by atoms with E-state index in [1.165, 1.54) is 11.3 Å². The fourth-order valence-electron chi connectivity index (χ4n) is 4.57. The van der Waals surface area contributed by atoms with Gasteiger partial charge in [-0.25, -0.2) is 4.68 Å². The SMILES string of the molecule is CCN1CCc2c(c(CN(C(=O)c3ccccc3OC)C(C)C)nn2-c2ccccc2OC)C1. The molecular weight excluding hydrogens is 428 g/mol. The number of benzene rings is 2. The van der Waals surface area contributed by atoms with Gasteiger partial charge in [0.05, 0.1) is 37.7 Å². The minimum Gasteiger partial charge on any atom is -0.496 e. The highest BCUT2D eigenvalue weighted by Crippen LogP contribution is 2.31. The summed E-state index contributed by atoms with van der Waals surface area (Å²) >= 11 is 0. The zero-order valence-electron chi connectivity index (χ0n) is 20.7. The van der Waals surface area contributed by atoms with E-state index < -0.39 is 0 Å². The topological polar surface area (TPSA) is 59.8 Å². The Labute approximate surface area is 201 Å². The van der Waals surface area contributed by atoms with E-state index in [0.29, 0.717) is 17.9 Å². The minimum absolute atomic E-state index is 0.00431. The lowest BCUT2D eigenvalue weighted by molar-refractivity contribution is 0.0683. The van der Waals surface area contributed by atoms with E-state index in [2.05, 4.69) is 11.8 Å². The molecule has 1 aromatic heterocycles. The van der Waals surface area contributed by atoms with E-state index >= 15 is 0 Å². The van der Waals surface area contributed by atoms with Crippen molar-refractivity contribution in [1.29, 1.82) is 0 Å². The van der Waals surface area contributed by atoms with Crippen molar-refractivity contribution < 1.29 is 14.3 Å². The molecule has 180 valence electrons. The molecule has 0 saturated heterocycles. The van der Waals surface area contributed by atoms with E-state index in [-0.39, 0.29) is 11.9 Å². The standard InChI is InChI=1S/C27H34N4O3/c1-6-29-16-15-23-21(17-29)22(28-31(23)24-12-8-10-14-26(24)34-5)18-30(19(2)3)27(32)20-11-7-9-13-25(20)33-4/h7-14,19H,6,15-18H2,1-5H3. The Hall–Kier alpha value is -3.32. The lowest BCUT2D eigenvalue weighted by Crippen LogP contribution is -2.37. The zero-order valence-corrected chi connectivity index (χ0v) is 20.7. The molecule has 4 rings (SSSR count). The van der Waals surface area contributed by atoms with Crippen LogP contribution in [0, 0.1) is 0 Å². The molecule has 7 heteroatoms. The summed E-state index contributed by atoms with van der Waals surface area (Å²) in [7, 11) is 3.28. The summed E-state index contributed by atoms with van der Waals surface area (Å²) in [5.74, 6) is 1.30. The van der Waals surface area contributed by atoms with E-state index in [4.69, 9.17) is 14.6 Å². The molecular formula is C27H34N4O3. The monoisotopic (exact) mass is 462 g/mol. The number of hydrogen-bond donors (Lipinski definition) is 0. The Balaban J connectivity index is 1.77. The number of carbonyl (C=O) groups excluding carboxylic acids is 1. The van der Waals surface area contributed by atoms with Crippen molar-refractivity contribution in [2.75, 3.05) is 27.3 Å². The predicted octanol–water partition coefficient (Wildman–Crippen LogP) is 4.32. The first-order valence-corrected chi connectivity index (χ1v) is 11.9. The maximum atomic E-state index is 13.6. The number of rotatable bonds is 8. The van der Waals surface area contributed by atoms with Crippen LogP contribution in [0.1, 0.15) is 48.1 Å². The average Bonchev–Trinajstić information content (AvgIpc) is 3.23. The van der Waals surface area contributed by atoms with Gasteiger partial charge >= 0.3 is 0 Å². The summed E-state index contributed by atoms with van der Waals surface area (Å²) in [4.78, 5) is 17.9. The number of fused-ring (bicyclic) bond motifs is 1. The van der Waals surface area contributed by atoms with Gasteiger partial charge < -0.3 is 14.4 Å². The maximum absolute atomic E-state index is 13.6. The van der Waals surface area contributed by atoms with Gasteiger partial charge in [-0.2, -0.15) is 5.10 Å². The summed E-state index contributed by atoms with van der Waals surface area (Å²) in [6.45, 7) is 9.47. The number of ether oxygens (including phenoxy) is 2. The van der Waals surface area contributed by atoms with Gasteiger partial charge in [-0.15, -0.1) is 0 Å². The van der Waals surface area contributed by atoms with Gasteiger partial charge in [0.2, 0.25) is 0 Å². The maximum Gasteiger partial charge on any atom is 0.258 e. The summed E-state index contributed by atoms with van der Waals surface area (Å²) in [6, 6.07) is 15.3. The van der Waals surface area contributed by atoms with E-state index in [1.807, 2.05) is 72.0 Å². The summed E-state index contributed by atoms with van der Waals surface area (Å²) in [5.41, 5.74) is 4.81. The average molecular weight is 463 g/mol. The molecule has 7 nitrogen and oxygen atoms in total. The molecule has 34 heavy (non-hydrogen) atoms. The zero-order chi connectivity index (χ0) is 24.2. The summed E-state index contributed by atoms with van der Waals surface area (Å²) in [6.07, 6.45) is 0.899. The first-order chi connectivity index (χ1) is 16.5. The van der Waals surface area contributed by atoms with Crippen LogP contribution in [-0.2, 0) is 19.5 Å². The molecule has 0 saturated carbocycles. The van der Waals surface area contributed by atoms with Crippen LogP contribution in [0.25, 0.3) is 5.69 Å². The van der Waals surface area contributed by atoms with Gasteiger partial charge in [0.15, 0.2) is 0 Å². The van der Waals surface area contributed by atoms with Crippen LogP contribution in [0.3, 0.4) is 0 Å². The van der Waals surface area contributed by atoms with Crippen LogP contribution in [0.15, 0.2) is 48.5 Å². The van der Waals surface area contributed by atoms with Gasteiger partial charge in [0, 0.05) is 31.1 Å². The molecule has 0 atom stereocenters. The highest BCUT2D eigenvalue weighted by molar-refractivity contribution is 5.97. The van der Waals surface area contributed by atoms with Crippen LogP contribution < -0.4 is 9.47 Å². The Bertz CT molecular complexity index is 1150. The van der Waals surface area contributed by atoms with Crippen LogP contribution >= 0.6 is 0 Å². The van der Waals surface area contributed by atoms with Crippen molar-refractivity contribution >= 4 is 5.91 Å². The van der Waals surface area contributed by atoms with Gasteiger partial charge in [0.1, 0.15) is 17.2 Å². The number of hydrogen-bond acceptors (Lipinski definition) is 5. The number of likely N-dealkylation sites (N-methyl/N-ethyl adjacent to an activating group) is 1. The molecule has 2 heterocycles. The van der Waals surface area contributed by atoms with Gasteiger partial charge in [0.25, 0.3) is 5.91 Å². The van der Waals surface area contributed by atoms with Crippen molar-refractivity contribution in [2.24, 2.45) is 0 Å². The second-order valence-electron chi connectivity index (χ2n) is 8.80. The number of methoxy groups -OCH3 is 2. The van der Waals surface area contributed by atoms with Gasteiger partial charge in [-0.3, -0.25) is 9.69 Å². The quantitative estimate of drug-likeness (QED) is 0.499. The molecule has 0 bridgehead atoms. The fraction of sp³-hybridized carbons (Fsp3) is 0.407. The van der Waals surface area contributed by atoms with Crippen molar-refractivity contribution in [3.8, 4) is 17.2 Å². The lowest BCUT2D eigenvalue weighted by Gasteiger charge is -2.29. The molecule has 1 aliphatic heterocycles. The van der Waals surface area contributed by atoms with Crippen LogP contribution in [0.2, 0.25) is 0 Å².